The lowest BCUT2D eigenvalue weighted by atomic mass is 9.61. The van der Waals surface area contributed by atoms with E-state index in [4.69, 9.17) is 4.74 Å². The number of rotatable bonds is 4. The minimum absolute atomic E-state index is 0.102. The fourth-order valence-electron chi connectivity index (χ4n) is 3.53. The summed E-state index contributed by atoms with van der Waals surface area (Å²) in [5.74, 6) is -0.646. The summed E-state index contributed by atoms with van der Waals surface area (Å²) in [4.78, 5) is 23.8. The third-order valence-electron chi connectivity index (χ3n) is 4.66. The second-order valence-electron chi connectivity index (χ2n) is 8.36. The van der Waals surface area contributed by atoms with Crippen LogP contribution in [-0.2, 0) is 4.74 Å². The maximum absolute atomic E-state index is 12.3. The highest BCUT2D eigenvalue weighted by molar-refractivity contribution is 5.69. The van der Waals surface area contributed by atoms with Crippen LogP contribution in [0.2, 0.25) is 0 Å². The Morgan fingerprint density at radius 3 is 2.46 bits per heavy atom. The molecule has 2 fully saturated rings. The Morgan fingerprint density at radius 2 is 1.96 bits per heavy atom. The lowest BCUT2D eigenvalue weighted by Crippen LogP contribution is -2.64. The third-order valence-corrected chi connectivity index (χ3v) is 4.66. The van der Waals surface area contributed by atoms with Crippen molar-refractivity contribution in [2.45, 2.75) is 51.4 Å². The number of aromatic nitrogens is 2. The van der Waals surface area contributed by atoms with Gasteiger partial charge in [0.2, 0.25) is 0 Å². The molecule has 9 nitrogen and oxygen atoms in total. The van der Waals surface area contributed by atoms with Crippen LogP contribution >= 0.6 is 0 Å². The number of nitro groups is 1. The fourth-order valence-corrected chi connectivity index (χ4v) is 3.53. The molecule has 2 heterocycles. The summed E-state index contributed by atoms with van der Waals surface area (Å²) < 4.78 is 48.0. The van der Waals surface area contributed by atoms with Crippen molar-refractivity contribution in [3.63, 3.8) is 0 Å². The number of amides is 1. The monoisotopic (exact) mass is 406 g/mol. The van der Waals surface area contributed by atoms with E-state index in [1.54, 1.807) is 25.7 Å². The van der Waals surface area contributed by atoms with Crippen LogP contribution in [0.3, 0.4) is 0 Å². The minimum Gasteiger partial charge on any atom is -0.462 e. The Morgan fingerprint density at radius 1 is 1.36 bits per heavy atom. The standard InChI is InChI=1S/C16H21F3N4O5/c1-14(2,3)28-13(24)21-7-15(8-21)4-10(5-15)22-6-11(23(25)26)12(20-22)27-9-16(17,18)19/h6,10H,4-5,7-9H2,1-3H3. The highest BCUT2D eigenvalue weighted by atomic mass is 19.4. The van der Waals surface area contributed by atoms with E-state index in [0.717, 1.165) is 6.20 Å². The fraction of sp³-hybridized carbons (Fsp3) is 0.750. The highest BCUT2D eigenvalue weighted by Crippen LogP contribution is 2.54. The molecule has 28 heavy (non-hydrogen) atoms. The zero-order valence-corrected chi connectivity index (χ0v) is 15.7. The Balaban J connectivity index is 1.58. The molecule has 0 unspecified atom stereocenters. The quantitative estimate of drug-likeness (QED) is 0.562. The number of carbonyl (C=O) groups excluding carboxylic acids is 1. The van der Waals surface area contributed by atoms with Gasteiger partial charge < -0.3 is 14.4 Å². The summed E-state index contributed by atoms with van der Waals surface area (Å²) >= 11 is 0. The molecule has 1 saturated heterocycles. The maximum Gasteiger partial charge on any atom is 0.422 e. The van der Waals surface area contributed by atoms with Gasteiger partial charge in [0.15, 0.2) is 6.61 Å². The van der Waals surface area contributed by atoms with E-state index in [2.05, 4.69) is 9.84 Å². The molecule has 1 spiro atoms. The molecule has 0 N–H and O–H groups in total. The van der Waals surface area contributed by atoms with Crippen LogP contribution in [0.5, 0.6) is 5.88 Å². The van der Waals surface area contributed by atoms with E-state index < -0.39 is 34.9 Å². The second kappa shape index (κ2) is 6.52. The molecule has 1 aromatic rings. The predicted octanol–water partition coefficient (Wildman–Crippen LogP) is 3.30. The third kappa shape index (κ3) is 4.30. The van der Waals surface area contributed by atoms with Crippen LogP contribution in [0.15, 0.2) is 6.20 Å². The molecule has 156 valence electrons. The first-order valence-corrected chi connectivity index (χ1v) is 8.68. The van der Waals surface area contributed by atoms with Gasteiger partial charge in [-0.3, -0.25) is 14.8 Å². The molecule has 1 aliphatic heterocycles. The summed E-state index contributed by atoms with van der Waals surface area (Å²) in [6, 6.07) is -0.192. The number of carbonyl (C=O) groups is 1. The predicted molar refractivity (Wildman–Crippen MR) is 88.9 cm³/mol. The number of nitrogens with zero attached hydrogens (tertiary/aromatic N) is 4. The van der Waals surface area contributed by atoms with Gasteiger partial charge in [0.25, 0.3) is 0 Å². The zero-order valence-electron chi connectivity index (χ0n) is 15.7. The van der Waals surface area contributed by atoms with Gasteiger partial charge in [0.05, 0.1) is 11.0 Å². The van der Waals surface area contributed by atoms with Crippen molar-refractivity contribution in [3.05, 3.63) is 16.3 Å². The van der Waals surface area contributed by atoms with Crippen LogP contribution in [0.25, 0.3) is 0 Å². The van der Waals surface area contributed by atoms with Crippen molar-refractivity contribution in [1.82, 2.24) is 14.7 Å². The molecule has 1 aromatic heterocycles. The van der Waals surface area contributed by atoms with Crippen LogP contribution in [0.1, 0.15) is 39.7 Å². The number of alkyl halides is 3. The van der Waals surface area contributed by atoms with Gasteiger partial charge in [-0.1, -0.05) is 0 Å². The van der Waals surface area contributed by atoms with Gasteiger partial charge in [-0.05, 0) is 33.6 Å². The Kier molecular flexibility index (Phi) is 4.71. The molecule has 1 aliphatic carbocycles. The molecule has 0 bridgehead atoms. The topological polar surface area (TPSA) is 99.7 Å². The average Bonchev–Trinajstić information content (AvgIpc) is 2.83. The summed E-state index contributed by atoms with van der Waals surface area (Å²) in [5, 5.41) is 14.9. The van der Waals surface area contributed by atoms with Gasteiger partial charge in [-0.2, -0.15) is 13.2 Å². The Hall–Kier alpha value is -2.53. The maximum atomic E-state index is 12.3. The first kappa shape index (κ1) is 20.2. The number of hydrogen-bond acceptors (Lipinski definition) is 6. The first-order chi connectivity index (χ1) is 12.8. The molecule has 3 rings (SSSR count). The lowest BCUT2D eigenvalue weighted by molar-refractivity contribution is -0.386. The van der Waals surface area contributed by atoms with Gasteiger partial charge in [-0.15, -0.1) is 5.10 Å². The van der Waals surface area contributed by atoms with Gasteiger partial charge in [-0.25, -0.2) is 4.79 Å². The molecular weight excluding hydrogens is 385 g/mol. The first-order valence-electron chi connectivity index (χ1n) is 8.68. The van der Waals surface area contributed by atoms with E-state index >= 15 is 0 Å². The zero-order chi connectivity index (χ0) is 20.9. The van der Waals surface area contributed by atoms with Crippen LogP contribution in [-0.4, -0.2) is 57.2 Å². The van der Waals surface area contributed by atoms with E-state index in [9.17, 15) is 28.1 Å². The van der Waals surface area contributed by atoms with Crippen molar-refractivity contribution in [3.8, 4) is 5.88 Å². The van der Waals surface area contributed by atoms with Gasteiger partial charge in [0.1, 0.15) is 11.8 Å². The normalized spacial score (nSPS) is 19.1. The minimum atomic E-state index is -4.62. The molecule has 12 heteroatoms. The SMILES string of the molecule is CC(C)(C)OC(=O)N1CC2(CC(n3cc([N+](=O)[O-])c(OCC(F)(F)F)n3)C2)C1. The summed E-state index contributed by atoms with van der Waals surface area (Å²) in [6.45, 7) is 4.72. The van der Waals surface area contributed by atoms with Crippen molar-refractivity contribution in [1.29, 1.82) is 0 Å². The van der Waals surface area contributed by atoms with E-state index in [-0.39, 0.29) is 17.6 Å². The number of likely N-dealkylation sites (tertiary alicyclic amines) is 1. The van der Waals surface area contributed by atoms with Gasteiger partial charge in [0, 0.05) is 18.5 Å². The van der Waals surface area contributed by atoms with Crippen molar-refractivity contribution in [2.75, 3.05) is 19.7 Å². The largest absolute Gasteiger partial charge is 0.462 e. The van der Waals surface area contributed by atoms with E-state index in [1.807, 2.05) is 0 Å². The van der Waals surface area contributed by atoms with Crippen LogP contribution in [0.4, 0.5) is 23.7 Å². The lowest BCUT2D eigenvalue weighted by Gasteiger charge is -2.58. The van der Waals surface area contributed by atoms with Crippen molar-refractivity contribution in [2.24, 2.45) is 5.41 Å². The molecule has 2 aliphatic rings. The number of halogens is 3. The number of ether oxygens (including phenoxy) is 2. The van der Waals surface area contributed by atoms with Crippen LogP contribution in [0, 0.1) is 15.5 Å². The molecular formula is C16H21F3N4O5. The molecule has 0 radical (unpaired) electrons. The van der Waals surface area contributed by atoms with E-state index in [0.29, 0.717) is 25.9 Å². The Bertz CT molecular complexity index is 772. The van der Waals surface area contributed by atoms with Crippen molar-refractivity contribution >= 4 is 11.8 Å². The summed E-state index contributed by atoms with van der Waals surface area (Å²) in [6.07, 6.45) is -2.68. The summed E-state index contributed by atoms with van der Waals surface area (Å²) in [5.41, 5.74) is -1.29. The molecule has 1 amide bonds. The Labute approximate surface area is 158 Å². The second-order valence-corrected chi connectivity index (χ2v) is 8.36. The van der Waals surface area contributed by atoms with E-state index in [1.165, 1.54) is 4.68 Å². The van der Waals surface area contributed by atoms with Gasteiger partial charge >= 0.3 is 23.8 Å². The average molecular weight is 406 g/mol. The highest BCUT2D eigenvalue weighted by Gasteiger charge is 2.55. The molecule has 0 aromatic carbocycles. The smallest absolute Gasteiger partial charge is 0.422 e. The molecule has 0 atom stereocenters. The van der Waals surface area contributed by atoms with Crippen LogP contribution < -0.4 is 4.74 Å². The summed E-state index contributed by atoms with van der Waals surface area (Å²) in [7, 11) is 0. The number of hydrogen-bond donors (Lipinski definition) is 0. The van der Waals surface area contributed by atoms with Crippen molar-refractivity contribution < 1.29 is 32.4 Å². The molecule has 1 saturated carbocycles.